The van der Waals surface area contributed by atoms with Crippen molar-refractivity contribution in [2.75, 3.05) is 44.6 Å². The van der Waals surface area contributed by atoms with Crippen LogP contribution in [0.15, 0.2) is 30.5 Å². The third-order valence-electron chi connectivity index (χ3n) is 8.79. The summed E-state index contributed by atoms with van der Waals surface area (Å²) in [6.07, 6.45) is 2.73. The minimum Gasteiger partial charge on any atom is -0.466 e. The number of alkyl halides is 2. The van der Waals surface area contributed by atoms with E-state index in [-0.39, 0.29) is 35.0 Å². The highest BCUT2D eigenvalue weighted by Gasteiger charge is 2.49. The maximum absolute atomic E-state index is 14.2. The first-order valence-corrected chi connectivity index (χ1v) is 16.4. The molecule has 2 aromatic rings. The Hall–Kier alpha value is -3.45. The van der Waals surface area contributed by atoms with Gasteiger partial charge in [0.15, 0.2) is 5.75 Å². The molecule has 0 aliphatic carbocycles. The number of nitrogens with one attached hydrogen (secondary N) is 1. The van der Waals surface area contributed by atoms with Gasteiger partial charge in [-0.1, -0.05) is 25.4 Å². The number of hydrogen-bond acceptors (Lipinski definition) is 8. The molecular formula is C33H46ClF2N5O6. The van der Waals surface area contributed by atoms with E-state index in [4.69, 9.17) is 21.1 Å². The van der Waals surface area contributed by atoms with Crippen LogP contribution in [0.4, 0.5) is 19.3 Å². The molecule has 3 heterocycles. The third-order valence-corrected chi connectivity index (χ3v) is 9.02. The van der Waals surface area contributed by atoms with Crippen LogP contribution in [0, 0.1) is 5.41 Å². The minimum absolute atomic E-state index is 0.0516. The van der Waals surface area contributed by atoms with Gasteiger partial charge in [-0.05, 0) is 77.5 Å². The van der Waals surface area contributed by atoms with Crippen LogP contribution >= 0.6 is 11.6 Å². The molecule has 2 amide bonds. The fraction of sp³-hybridized carbons (Fsp3) is 0.636. The number of carbonyl (C=O) groups is 3. The number of anilines is 1. The van der Waals surface area contributed by atoms with Crippen LogP contribution in [0.3, 0.4) is 0 Å². The molecule has 260 valence electrons. The highest BCUT2D eigenvalue weighted by Crippen LogP contribution is 2.40. The Kier molecular flexibility index (Phi) is 11.4. The normalized spacial score (nSPS) is 18.2. The van der Waals surface area contributed by atoms with Crippen LogP contribution in [0.1, 0.15) is 78.8 Å². The summed E-state index contributed by atoms with van der Waals surface area (Å²) in [6.45, 7) is 10.3. The predicted octanol–water partition coefficient (Wildman–Crippen LogP) is 6.27. The van der Waals surface area contributed by atoms with E-state index in [9.17, 15) is 23.2 Å². The van der Waals surface area contributed by atoms with E-state index in [1.165, 1.54) is 18.2 Å². The molecule has 1 aromatic carbocycles. The summed E-state index contributed by atoms with van der Waals surface area (Å²) in [7, 11) is 0. The number of ether oxygens (including phenoxy) is 3. The number of nitrogens with zero attached hydrogens (tertiary/aromatic N) is 4. The van der Waals surface area contributed by atoms with Crippen LogP contribution in [0.25, 0.3) is 0 Å². The average molecular weight is 682 g/mol. The minimum atomic E-state index is -3.11. The Bertz CT molecular complexity index is 1410. The Morgan fingerprint density at radius 2 is 1.70 bits per heavy atom. The molecule has 1 aromatic heterocycles. The Labute approximate surface area is 279 Å². The van der Waals surface area contributed by atoms with Gasteiger partial charge in [-0.2, -0.15) is 13.9 Å². The Balaban J connectivity index is 1.57. The van der Waals surface area contributed by atoms with Gasteiger partial charge in [0.1, 0.15) is 11.1 Å². The molecule has 0 spiro atoms. The van der Waals surface area contributed by atoms with Gasteiger partial charge in [0.2, 0.25) is 0 Å². The van der Waals surface area contributed by atoms with E-state index >= 15 is 0 Å². The molecule has 14 heteroatoms. The maximum Gasteiger partial charge on any atom is 0.410 e. The van der Waals surface area contributed by atoms with Crippen molar-refractivity contribution in [1.29, 1.82) is 0 Å². The van der Waals surface area contributed by atoms with Crippen LogP contribution in [0.5, 0.6) is 5.75 Å². The summed E-state index contributed by atoms with van der Waals surface area (Å²) in [5.74, 6) is -0.917. The lowest BCUT2D eigenvalue weighted by atomic mass is 9.76. The zero-order valence-electron chi connectivity index (χ0n) is 28.0. The third kappa shape index (κ3) is 8.53. The number of likely N-dealkylation sites (tertiary alicyclic amines) is 2. The van der Waals surface area contributed by atoms with Crippen LogP contribution in [-0.2, 0) is 24.6 Å². The topological polar surface area (TPSA) is 115 Å². The van der Waals surface area contributed by atoms with Gasteiger partial charge >= 0.3 is 18.7 Å². The van der Waals surface area contributed by atoms with Gasteiger partial charge < -0.3 is 29.3 Å². The van der Waals surface area contributed by atoms with Crippen molar-refractivity contribution in [3.8, 4) is 5.75 Å². The molecule has 1 N–H and O–H groups in total. The summed E-state index contributed by atoms with van der Waals surface area (Å²) >= 11 is 6.03. The molecule has 2 aliphatic rings. The Morgan fingerprint density at radius 3 is 2.28 bits per heavy atom. The number of amides is 2. The molecule has 0 radical (unpaired) electrons. The smallest absolute Gasteiger partial charge is 0.410 e. The van der Waals surface area contributed by atoms with Gasteiger partial charge in [0.05, 0.1) is 17.7 Å². The van der Waals surface area contributed by atoms with E-state index in [1.54, 1.807) is 22.7 Å². The van der Waals surface area contributed by atoms with E-state index in [2.05, 4.69) is 20.1 Å². The van der Waals surface area contributed by atoms with Gasteiger partial charge in [0.25, 0.3) is 5.91 Å². The van der Waals surface area contributed by atoms with E-state index < -0.39 is 35.2 Å². The number of esters is 1. The summed E-state index contributed by atoms with van der Waals surface area (Å²) in [5.41, 5.74) is -1.70. The van der Waals surface area contributed by atoms with Crippen LogP contribution in [0.2, 0.25) is 5.02 Å². The van der Waals surface area contributed by atoms with Crippen molar-refractivity contribution in [1.82, 2.24) is 19.6 Å². The predicted molar refractivity (Wildman–Crippen MR) is 173 cm³/mol. The van der Waals surface area contributed by atoms with Gasteiger partial charge in [-0.3, -0.25) is 14.3 Å². The van der Waals surface area contributed by atoms with Gasteiger partial charge in [0, 0.05) is 55.7 Å². The lowest BCUT2D eigenvalue weighted by molar-refractivity contribution is -0.161. The number of hydrogen-bond donors (Lipinski definition) is 1. The summed E-state index contributed by atoms with van der Waals surface area (Å²) in [5, 5.41) is 7.58. The highest BCUT2D eigenvalue weighted by molar-refractivity contribution is 6.30. The van der Waals surface area contributed by atoms with Crippen molar-refractivity contribution in [3.05, 3.63) is 41.2 Å². The average Bonchev–Trinajstić information content (AvgIpc) is 3.49. The standard InChI is InChI=1S/C33H46ClF2N5O6/c1-7-45-28(43)32(11-18-40(19-12-32)30(44)47-31(4,5)6)21-39-16-13-33(14-17-39,41-25(22(2)3)10-15-37-41)27(42)38-24-9-8-23(34)20-26(24)46-29(35)36/h8-10,15,20,22,29H,7,11-14,16-19,21H2,1-6H3,(H,38,42). The fourth-order valence-corrected chi connectivity index (χ4v) is 6.50. The van der Waals surface area contributed by atoms with Gasteiger partial charge in [-0.15, -0.1) is 0 Å². The molecule has 0 bridgehead atoms. The molecule has 0 atom stereocenters. The molecule has 0 unspecified atom stereocenters. The number of benzene rings is 1. The van der Waals surface area contributed by atoms with Crippen molar-refractivity contribution in [3.63, 3.8) is 0 Å². The van der Waals surface area contributed by atoms with Crippen molar-refractivity contribution >= 4 is 35.3 Å². The lowest BCUT2D eigenvalue weighted by Gasteiger charge is -2.46. The van der Waals surface area contributed by atoms with Crippen LogP contribution in [-0.4, -0.2) is 89.1 Å². The van der Waals surface area contributed by atoms with Crippen molar-refractivity contribution < 1.29 is 37.4 Å². The number of halogens is 3. The SMILES string of the molecule is CCOC(=O)C1(CN2CCC(C(=O)Nc3ccc(Cl)cc3OC(F)F)(n3nccc3C(C)C)CC2)CCN(C(=O)OC(C)(C)C)CC1. The molecule has 2 aliphatic heterocycles. The largest absolute Gasteiger partial charge is 0.466 e. The quantitative estimate of drug-likeness (QED) is 0.292. The van der Waals surface area contributed by atoms with Crippen molar-refractivity contribution in [2.45, 2.75) is 90.9 Å². The molecule has 2 saturated heterocycles. The summed E-state index contributed by atoms with van der Waals surface area (Å²) in [4.78, 5) is 44.2. The first-order valence-electron chi connectivity index (χ1n) is 16.1. The second-order valence-electron chi connectivity index (χ2n) is 13.6. The molecule has 0 saturated carbocycles. The zero-order valence-corrected chi connectivity index (χ0v) is 28.7. The van der Waals surface area contributed by atoms with Crippen LogP contribution < -0.4 is 10.1 Å². The first-order chi connectivity index (χ1) is 22.1. The maximum atomic E-state index is 14.2. The molecule has 2 fully saturated rings. The number of carbonyl (C=O) groups excluding carboxylic acids is 3. The van der Waals surface area contributed by atoms with Crippen molar-refractivity contribution in [2.24, 2.45) is 5.41 Å². The first kappa shape index (κ1) is 36.4. The zero-order chi connectivity index (χ0) is 34.6. The monoisotopic (exact) mass is 681 g/mol. The van der Waals surface area contributed by atoms with E-state index in [0.29, 0.717) is 58.4 Å². The molecule has 11 nitrogen and oxygen atoms in total. The summed E-state index contributed by atoms with van der Waals surface area (Å²) in [6, 6.07) is 6.02. The molecule has 47 heavy (non-hydrogen) atoms. The summed E-state index contributed by atoms with van der Waals surface area (Å²) < 4.78 is 43.9. The number of piperidine rings is 2. The Morgan fingerprint density at radius 1 is 1.04 bits per heavy atom. The fourth-order valence-electron chi connectivity index (χ4n) is 6.34. The second-order valence-corrected chi connectivity index (χ2v) is 14.0. The second kappa shape index (κ2) is 14.8. The van der Waals surface area contributed by atoms with Gasteiger partial charge in [-0.25, -0.2) is 4.79 Å². The number of aromatic nitrogens is 2. The molecular weight excluding hydrogens is 636 g/mol. The number of rotatable bonds is 10. The van der Waals surface area contributed by atoms with E-state index in [0.717, 1.165) is 5.69 Å². The van der Waals surface area contributed by atoms with E-state index in [1.807, 2.05) is 40.7 Å². The highest BCUT2D eigenvalue weighted by atomic mass is 35.5. The lowest BCUT2D eigenvalue weighted by Crippen LogP contribution is -2.57. The molecule has 4 rings (SSSR count).